The highest BCUT2D eigenvalue weighted by atomic mass is 16.6. The van der Waals surface area contributed by atoms with Crippen LogP contribution in [0.5, 0.6) is 0 Å². The molecule has 1 aromatic heterocycles. The first kappa shape index (κ1) is 21.0. The number of pyridine rings is 1. The maximum atomic E-state index is 11.2. The second-order valence-corrected chi connectivity index (χ2v) is 7.42. The monoisotopic (exact) mass is 396 g/mol. The number of benzene rings is 2. The van der Waals surface area contributed by atoms with Crippen molar-refractivity contribution >= 4 is 33.2 Å². The molecule has 1 heterocycles. The highest BCUT2D eigenvalue weighted by molar-refractivity contribution is 6.08. The van der Waals surface area contributed by atoms with Crippen LogP contribution in [0.1, 0.15) is 25.0 Å². The fourth-order valence-electron chi connectivity index (χ4n) is 3.56. The molecule has 0 radical (unpaired) electrons. The van der Waals surface area contributed by atoms with Crippen molar-refractivity contribution in [3.63, 3.8) is 0 Å². The van der Waals surface area contributed by atoms with E-state index in [0.717, 1.165) is 46.2 Å². The summed E-state index contributed by atoms with van der Waals surface area (Å²) in [7, 11) is 0. The Morgan fingerprint density at radius 3 is 2.41 bits per heavy atom. The molecule has 2 N–H and O–H groups in total. The molecule has 0 fully saturated rings. The van der Waals surface area contributed by atoms with Crippen molar-refractivity contribution < 1.29 is 10.0 Å². The van der Waals surface area contributed by atoms with E-state index in [1.165, 1.54) is 12.1 Å². The molecule has 1 atom stereocenters. The zero-order chi connectivity index (χ0) is 21.1. The molecule has 154 valence electrons. The van der Waals surface area contributed by atoms with E-state index in [0.29, 0.717) is 18.6 Å². The van der Waals surface area contributed by atoms with Gasteiger partial charge in [0.2, 0.25) is 0 Å². The quantitative estimate of drug-likeness (QED) is 0.339. The Hall–Kier alpha value is -2.77. The van der Waals surface area contributed by atoms with Gasteiger partial charge in [0.05, 0.1) is 27.7 Å². The fraction of sp³-hybridized carbons (Fsp3) is 0.409. The van der Waals surface area contributed by atoms with Gasteiger partial charge in [-0.1, -0.05) is 13.8 Å². The number of aromatic nitrogens is 1. The van der Waals surface area contributed by atoms with Gasteiger partial charge in [-0.2, -0.15) is 0 Å². The van der Waals surface area contributed by atoms with E-state index in [1.54, 1.807) is 6.07 Å². The van der Waals surface area contributed by atoms with Gasteiger partial charge in [0.1, 0.15) is 0 Å². The number of rotatable bonds is 8. The lowest BCUT2D eigenvalue weighted by atomic mass is 10.0. The molecule has 0 aliphatic rings. The zero-order valence-corrected chi connectivity index (χ0v) is 17.4. The standard InChI is InChI=1S/C22H28N4O3/c1-5-25(6-2)13-17(27)12-23-22-18-8-7-16(26(28)29)11-21(18)24-20-10-15(4)14(3)9-19(20)22/h7-11,17,27H,5-6,12-13H2,1-4H3,(H,23,24). The average molecular weight is 396 g/mol. The Morgan fingerprint density at radius 2 is 1.76 bits per heavy atom. The Labute approximate surface area is 170 Å². The van der Waals surface area contributed by atoms with Crippen LogP contribution in [-0.2, 0) is 0 Å². The van der Waals surface area contributed by atoms with Crippen molar-refractivity contribution in [1.29, 1.82) is 0 Å². The van der Waals surface area contributed by atoms with E-state index in [9.17, 15) is 15.2 Å². The van der Waals surface area contributed by atoms with Crippen molar-refractivity contribution in [1.82, 2.24) is 9.88 Å². The highest BCUT2D eigenvalue weighted by Gasteiger charge is 2.16. The fourth-order valence-corrected chi connectivity index (χ4v) is 3.56. The topological polar surface area (TPSA) is 91.5 Å². The number of nitrogens with zero attached hydrogens (tertiary/aromatic N) is 3. The zero-order valence-electron chi connectivity index (χ0n) is 17.4. The van der Waals surface area contributed by atoms with Crippen molar-refractivity contribution in [2.75, 3.05) is 31.5 Å². The lowest BCUT2D eigenvalue weighted by Gasteiger charge is -2.23. The van der Waals surface area contributed by atoms with E-state index >= 15 is 0 Å². The van der Waals surface area contributed by atoms with Gasteiger partial charge in [0.15, 0.2) is 0 Å². The Bertz CT molecular complexity index is 1050. The first-order chi connectivity index (χ1) is 13.8. The maximum Gasteiger partial charge on any atom is 0.271 e. The van der Waals surface area contributed by atoms with E-state index in [1.807, 2.05) is 19.9 Å². The summed E-state index contributed by atoms with van der Waals surface area (Å²) in [5.41, 5.74) is 4.47. The summed E-state index contributed by atoms with van der Waals surface area (Å²) in [5.74, 6) is 0. The van der Waals surface area contributed by atoms with Crippen LogP contribution in [0.3, 0.4) is 0 Å². The SMILES string of the molecule is CCN(CC)CC(O)CNc1c2ccc([N+](=O)[O-])cc2nc2cc(C)c(C)cc12. The largest absolute Gasteiger partial charge is 0.390 e. The molecular weight excluding hydrogens is 368 g/mol. The minimum atomic E-state index is -0.530. The normalized spacial score (nSPS) is 12.6. The van der Waals surface area contributed by atoms with E-state index in [2.05, 4.69) is 35.1 Å². The molecule has 1 unspecified atom stereocenters. The van der Waals surface area contributed by atoms with Crippen LogP contribution in [0, 0.1) is 24.0 Å². The highest BCUT2D eigenvalue weighted by Crippen LogP contribution is 2.34. The number of aliphatic hydroxyl groups excluding tert-OH is 1. The molecule has 0 saturated carbocycles. The summed E-state index contributed by atoms with van der Waals surface area (Å²) in [6.07, 6.45) is -0.530. The summed E-state index contributed by atoms with van der Waals surface area (Å²) in [5, 5.41) is 26.8. The molecule has 0 bridgehead atoms. The van der Waals surface area contributed by atoms with Crippen LogP contribution in [-0.4, -0.2) is 52.2 Å². The second-order valence-electron chi connectivity index (χ2n) is 7.42. The first-order valence-corrected chi connectivity index (χ1v) is 9.97. The molecule has 0 saturated heterocycles. The number of nitro groups is 1. The van der Waals surface area contributed by atoms with Gasteiger partial charge in [-0.05, 0) is 56.3 Å². The average Bonchev–Trinajstić information content (AvgIpc) is 2.70. The van der Waals surface area contributed by atoms with Crippen molar-refractivity contribution in [2.45, 2.75) is 33.8 Å². The molecular formula is C22H28N4O3. The summed E-state index contributed by atoms with van der Waals surface area (Å²) < 4.78 is 0. The summed E-state index contributed by atoms with van der Waals surface area (Å²) in [6.45, 7) is 11.0. The van der Waals surface area contributed by atoms with Gasteiger partial charge in [0, 0.05) is 36.0 Å². The Kier molecular flexibility index (Phi) is 6.30. The number of aliphatic hydroxyl groups is 1. The molecule has 0 aliphatic carbocycles. The van der Waals surface area contributed by atoms with E-state index in [4.69, 9.17) is 0 Å². The number of non-ortho nitro benzene ring substituents is 1. The number of fused-ring (bicyclic) bond motifs is 2. The minimum Gasteiger partial charge on any atom is -0.390 e. The van der Waals surface area contributed by atoms with Gasteiger partial charge < -0.3 is 15.3 Å². The van der Waals surface area contributed by atoms with Crippen molar-refractivity contribution in [2.24, 2.45) is 0 Å². The number of aryl methyl sites for hydroxylation is 2. The predicted molar refractivity (Wildman–Crippen MR) is 118 cm³/mol. The Morgan fingerprint density at radius 1 is 1.10 bits per heavy atom. The van der Waals surface area contributed by atoms with Gasteiger partial charge in [-0.3, -0.25) is 10.1 Å². The lowest BCUT2D eigenvalue weighted by Crippen LogP contribution is -2.36. The van der Waals surface area contributed by atoms with Gasteiger partial charge >= 0.3 is 0 Å². The molecule has 7 nitrogen and oxygen atoms in total. The van der Waals surface area contributed by atoms with Gasteiger partial charge in [-0.15, -0.1) is 0 Å². The molecule has 0 spiro atoms. The van der Waals surface area contributed by atoms with Crippen LogP contribution >= 0.6 is 0 Å². The maximum absolute atomic E-state index is 11.2. The predicted octanol–water partition coefficient (Wildman–Crippen LogP) is 4.03. The van der Waals surface area contributed by atoms with Crippen LogP contribution < -0.4 is 5.32 Å². The summed E-state index contributed by atoms with van der Waals surface area (Å²) in [6, 6.07) is 8.81. The van der Waals surface area contributed by atoms with Crippen LogP contribution in [0.15, 0.2) is 30.3 Å². The number of anilines is 1. The molecule has 2 aromatic carbocycles. The third-order valence-corrected chi connectivity index (χ3v) is 5.46. The summed E-state index contributed by atoms with van der Waals surface area (Å²) >= 11 is 0. The first-order valence-electron chi connectivity index (χ1n) is 9.97. The van der Waals surface area contributed by atoms with Crippen LogP contribution in [0.2, 0.25) is 0 Å². The minimum absolute atomic E-state index is 0.0145. The van der Waals surface area contributed by atoms with Gasteiger partial charge in [-0.25, -0.2) is 4.98 Å². The summed E-state index contributed by atoms with van der Waals surface area (Å²) in [4.78, 5) is 17.6. The Balaban J connectivity index is 2.06. The van der Waals surface area contributed by atoms with E-state index in [-0.39, 0.29) is 5.69 Å². The van der Waals surface area contributed by atoms with Crippen LogP contribution in [0.4, 0.5) is 11.4 Å². The number of hydrogen-bond donors (Lipinski definition) is 2. The van der Waals surface area contributed by atoms with Crippen molar-refractivity contribution in [3.8, 4) is 0 Å². The molecule has 3 rings (SSSR count). The molecule has 0 amide bonds. The lowest BCUT2D eigenvalue weighted by molar-refractivity contribution is -0.384. The number of nitrogens with one attached hydrogen (secondary N) is 1. The van der Waals surface area contributed by atoms with Crippen molar-refractivity contribution in [3.05, 3.63) is 51.6 Å². The van der Waals surface area contributed by atoms with Gasteiger partial charge in [0.25, 0.3) is 5.69 Å². The third-order valence-electron chi connectivity index (χ3n) is 5.46. The second kappa shape index (κ2) is 8.71. The smallest absolute Gasteiger partial charge is 0.271 e. The van der Waals surface area contributed by atoms with Crippen LogP contribution in [0.25, 0.3) is 21.8 Å². The third kappa shape index (κ3) is 4.46. The van der Waals surface area contributed by atoms with E-state index < -0.39 is 11.0 Å². The number of likely N-dealkylation sites (N-methyl/N-ethyl adjacent to an activating group) is 1. The molecule has 0 aliphatic heterocycles. The molecule has 3 aromatic rings. The number of nitro benzene ring substituents is 1. The molecule has 29 heavy (non-hydrogen) atoms. The number of hydrogen-bond acceptors (Lipinski definition) is 6. The molecule has 7 heteroatoms.